The number of hydrogen-bond donors (Lipinski definition) is 2. The number of nitrogens with one attached hydrogen (secondary N) is 1. The number of hydrogen-bond acceptors (Lipinski definition) is 3. The van der Waals surface area contributed by atoms with E-state index < -0.39 is 5.97 Å². The van der Waals surface area contributed by atoms with Gasteiger partial charge in [0.05, 0.1) is 6.61 Å². The molecule has 0 aliphatic carbocycles. The van der Waals surface area contributed by atoms with Crippen molar-refractivity contribution < 1.29 is 19.4 Å². The van der Waals surface area contributed by atoms with Crippen molar-refractivity contribution in [2.75, 3.05) is 26.8 Å². The summed E-state index contributed by atoms with van der Waals surface area (Å²) in [5, 5.41) is 11.3. The number of amides is 2. The molecule has 2 N–H and O–H groups in total. The summed E-state index contributed by atoms with van der Waals surface area (Å²) < 4.78 is 4.92. The topological polar surface area (TPSA) is 78.9 Å². The van der Waals surface area contributed by atoms with Gasteiger partial charge in [0.1, 0.15) is 0 Å². The van der Waals surface area contributed by atoms with Crippen LogP contribution in [-0.4, -0.2) is 54.9 Å². The first-order valence-corrected chi connectivity index (χ1v) is 5.88. The molecule has 0 rings (SSSR count). The molecule has 2 amide bonds. The number of carboxylic acids is 1. The third-order valence-corrected chi connectivity index (χ3v) is 2.36. The Bertz CT molecular complexity index is 281. The van der Waals surface area contributed by atoms with Crippen LogP contribution in [0.4, 0.5) is 4.79 Å². The summed E-state index contributed by atoms with van der Waals surface area (Å²) in [6.07, 6.45) is 2.09. The molecule has 1 atom stereocenters. The Morgan fingerprint density at radius 1 is 1.56 bits per heavy atom. The molecule has 1 unspecified atom stereocenters. The number of aliphatic carboxylic acids is 1. The fraction of sp³-hybridized carbons (Fsp3) is 0.667. The van der Waals surface area contributed by atoms with Crippen LogP contribution in [-0.2, 0) is 9.53 Å². The van der Waals surface area contributed by atoms with Crippen molar-refractivity contribution in [1.82, 2.24) is 10.2 Å². The standard InChI is InChI=1S/C12H22N2O4/c1-4-7-14(8-9-18-3)12(17)13-10(2)5-6-11(15)16/h4,10H,1,5-9H2,2-3H3,(H,13,17)(H,15,16). The first kappa shape index (κ1) is 16.4. The van der Waals surface area contributed by atoms with Crippen LogP contribution in [0.2, 0.25) is 0 Å². The lowest BCUT2D eigenvalue weighted by molar-refractivity contribution is -0.137. The van der Waals surface area contributed by atoms with Crippen LogP contribution in [0.15, 0.2) is 12.7 Å². The molecule has 0 aliphatic heterocycles. The molecular formula is C12H22N2O4. The highest BCUT2D eigenvalue weighted by Gasteiger charge is 2.14. The van der Waals surface area contributed by atoms with E-state index in [1.165, 1.54) is 0 Å². The van der Waals surface area contributed by atoms with Gasteiger partial charge in [0.2, 0.25) is 0 Å². The molecule has 0 fully saturated rings. The molecule has 6 heteroatoms. The summed E-state index contributed by atoms with van der Waals surface area (Å²) >= 11 is 0. The Labute approximate surface area is 108 Å². The van der Waals surface area contributed by atoms with Crippen LogP contribution in [0.25, 0.3) is 0 Å². The van der Waals surface area contributed by atoms with Gasteiger partial charge in [-0.3, -0.25) is 4.79 Å². The van der Waals surface area contributed by atoms with Crippen LogP contribution in [0.5, 0.6) is 0 Å². The monoisotopic (exact) mass is 258 g/mol. The van der Waals surface area contributed by atoms with Gasteiger partial charge in [-0.25, -0.2) is 4.79 Å². The van der Waals surface area contributed by atoms with Gasteiger partial charge < -0.3 is 20.1 Å². The van der Waals surface area contributed by atoms with E-state index in [4.69, 9.17) is 9.84 Å². The number of rotatable bonds is 9. The van der Waals surface area contributed by atoms with E-state index in [9.17, 15) is 9.59 Å². The molecule has 0 aromatic rings. The van der Waals surface area contributed by atoms with Crippen molar-refractivity contribution in [3.63, 3.8) is 0 Å². The SMILES string of the molecule is C=CCN(CCOC)C(=O)NC(C)CCC(=O)O. The molecule has 0 radical (unpaired) electrons. The van der Waals surface area contributed by atoms with Gasteiger partial charge in [0.15, 0.2) is 0 Å². The zero-order valence-electron chi connectivity index (χ0n) is 11.0. The van der Waals surface area contributed by atoms with E-state index in [1.807, 2.05) is 0 Å². The Hall–Kier alpha value is -1.56. The average molecular weight is 258 g/mol. The average Bonchev–Trinajstić information content (AvgIpc) is 2.31. The van der Waals surface area contributed by atoms with Crippen molar-refractivity contribution in [2.45, 2.75) is 25.8 Å². The quantitative estimate of drug-likeness (QED) is 0.607. The second-order valence-electron chi connectivity index (χ2n) is 4.01. The molecule has 6 nitrogen and oxygen atoms in total. The summed E-state index contributed by atoms with van der Waals surface area (Å²) in [5.74, 6) is -0.863. The zero-order chi connectivity index (χ0) is 14.0. The molecule has 0 aliphatic rings. The van der Waals surface area contributed by atoms with Gasteiger partial charge in [-0.1, -0.05) is 6.08 Å². The van der Waals surface area contributed by atoms with E-state index in [2.05, 4.69) is 11.9 Å². The van der Waals surface area contributed by atoms with Crippen LogP contribution in [0.1, 0.15) is 19.8 Å². The maximum atomic E-state index is 11.9. The maximum Gasteiger partial charge on any atom is 0.317 e. The lowest BCUT2D eigenvalue weighted by Crippen LogP contribution is -2.45. The first-order chi connectivity index (χ1) is 8.51. The highest BCUT2D eigenvalue weighted by molar-refractivity contribution is 5.74. The summed E-state index contributed by atoms with van der Waals surface area (Å²) in [4.78, 5) is 23.8. The van der Waals surface area contributed by atoms with E-state index in [-0.39, 0.29) is 18.5 Å². The van der Waals surface area contributed by atoms with Gasteiger partial charge in [0, 0.05) is 32.7 Å². The largest absolute Gasteiger partial charge is 0.481 e. The molecule has 0 heterocycles. The van der Waals surface area contributed by atoms with Crippen molar-refractivity contribution in [2.24, 2.45) is 0 Å². The number of carbonyl (C=O) groups excluding carboxylic acids is 1. The predicted octanol–water partition coefficient (Wildman–Crippen LogP) is 1.08. The Morgan fingerprint density at radius 3 is 2.72 bits per heavy atom. The second-order valence-corrected chi connectivity index (χ2v) is 4.01. The van der Waals surface area contributed by atoms with E-state index in [1.54, 1.807) is 25.0 Å². The number of ether oxygens (including phenoxy) is 1. The van der Waals surface area contributed by atoms with E-state index in [0.717, 1.165) is 0 Å². The number of urea groups is 1. The number of nitrogens with zero attached hydrogens (tertiary/aromatic N) is 1. The number of methoxy groups -OCH3 is 1. The molecule has 18 heavy (non-hydrogen) atoms. The molecule has 0 aromatic carbocycles. The Morgan fingerprint density at radius 2 is 2.22 bits per heavy atom. The fourth-order valence-corrected chi connectivity index (χ4v) is 1.35. The van der Waals surface area contributed by atoms with Gasteiger partial charge in [0.25, 0.3) is 0 Å². The minimum Gasteiger partial charge on any atom is -0.481 e. The van der Waals surface area contributed by atoms with Gasteiger partial charge >= 0.3 is 12.0 Å². The van der Waals surface area contributed by atoms with Gasteiger partial charge in [-0.05, 0) is 13.3 Å². The van der Waals surface area contributed by atoms with Crippen LogP contribution in [0, 0.1) is 0 Å². The molecule has 0 spiro atoms. The molecule has 0 saturated heterocycles. The maximum absolute atomic E-state index is 11.9. The molecular weight excluding hydrogens is 236 g/mol. The van der Waals surface area contributed by atoms with Gasteiger partial charge in [-0.2, -0.15) is 0 Å². The van der Waals surface area contributed by atoms with Crippen LogP contribution in [0.3, 0.4) is 0 Å². The minimum atomic E-state index is -0.863. The van der Waals surface area contributed by atoms with Crippen LogP contribution >= 0.6 is 0 Å². The lowest BCUT2D eigenvalue weighted by Gasteiger charge is -2.23. The fourth-order valence-electron chi connectivity index (χ4n) is 1.35. The third kappa shape index (κ3) is 7.67. The predicted molar refractivity (Wildman–Crippen MR) is 68.5 cm³/mol. The molecule has 0 aromatic heterocycles. The molecule has 0 saturated carbocycles. The number of carbonyl (C=O) groups is 2. The highest BCUT2D eigenvalue weighted by atomic mass is 16.5. The Balaban J connectivity index is 4.13. The van der Waals surface area contributed by atoms with Crippen molar-refractivity contribution in [1.29, 1.82) is 0 Å². The van der Waals surface area contributed by atoms with E-state index >= 15 is 0 Å². The Kier molecular flexibility index (Phi) is 8.65. The second kappa shape index (κ2) is 9.47. The number of carboxylic acid groups (broad SMARTS) is 1. The van der Waals surface area contributed by atoms with Crippen molar-refractivity contribution in [3.8, 4) is 0 Å². The summed E-state index contributed by atoms with van der Waals surface area (Å²) in [5.41, 5.74) is 0. The minimum absolute atomic E-state index is 0.0426. The molecule has 104 valence electrons. The van der Waals surface area contributed by atoms with Crippen molar-refractivity contribution >= 4 is 12.0 Å². The smallest absolute Gasteiger partial charge is 0.317 e. The summed E-state index contributed by atoms with van der Waals surface area (Å²) in [6.45, 7) is 6.72. The normalized spacial score (nSPS) is 11.7. The van der Waals surface area contributed by atoms with E-state index in [0.29, 0.717) is 26.1 Å². The summed E-state index contributed by atoms with van der Waals surface area (Å²) in [7, 11) is 1.57. The van der Waals surface area contributed by atoms with Crippen molar-refractivity contribution in [3.05, 3.63) is 12.7 Å². The van der Waals surface area contributed by atoms with Crippen LogP contribution < -0.4 is 5.32 Å². The first-order valence-electron chi connectivity index (χ1n) is 5.88. The lowest BCUT2D eigenvalue weighted by atomic mass is 10.2. The highest BCUT2D eigenvalue weighted by Crippen LogP contribution is 1.99. The third-order valence-electron chi connectivity index (χ3n) is 2.36. The molecule has 0 bridgehead atoms. The zero-order valence-corrected chi connectivity index (χ0v) is 11.0. The van der Waals surface area contributed by atoms with Gasteiger partial charge in [-0.15, -0.1) is 6.58 Å². The summed E-state index contributed by atoms with van der Waals surface area (Å²) in [6, 6.07) is -0.409.